The highest BCUT2D eigenvalue weighted by molar-refractivity contribution is 5.91. The molecule has 0 aliphatic heterocycles. The van der Waals surface area contributed by atoms with E-state index in [-0.39, 0.29) is 18.1 Å². The fourth-order valence-corrected chi connectivity index (χ4v) is 2.98. The molecule has 0 aliphatic carbocycles. The molecule has 2 N–H and O–H groups in total. The average molecular weight is 431 g/mol. The normalized spacial score (nSPS) is 11.0. The standard InChI is InChI=1S/C23H21N5O4/c1-2-31-20-12-16(8-10-18-13-22(30)28-23(27-18)24-15-25-28)9-11-19(20)32-14-21(29)26-17-6-4-3-5-7-17/h3-13,15H,2,14H2,1H3,(H,26,29)(H,24,25,27)/b10-8+. The monoisotopic (exact) mass is 431 g/mol. The summed E-state index contributed by atoms with van der Waals surface area (Å²) in [5, 5.41) is 5.47. The van der Waals surface area contributed by atoms with Gasteiger partial charge in [0.15, 0.2) is 18.1 Å². The summed E-state index contributed by atoms with van der Waals surface area (Å²) in [6.45, 7) is 2.15. The van der Waals surface area contributed by atoms with Crippen molar-refractivity contribution < 1.29 is 14.3 Å². The molecule has 0 saturated carbocycles. The van der Waals surface area contributed by atoms with E-state index >= 15 is 0 Å². The van der Waals surface area contributed by atoms with Gasteiger partial charge in [-0.2, -0.15) is 4.52 Å². The summed E-state index contributed by atoms with van der Waals surface area (Å²) in [5.74, 6) is 0.998. The van der Waals surface area contributed by atoms with E-state index in [2.05, 4.69) is 20.4 Å². The number of anilines is 1. The van der Waals surface area contributed by atoms with E-state index in [1.54, 1.807) is 36.4 Å². The van der Waals surface area contributed by atoms with Crippen molar-refractivity contribution in [3.63, 3.8) is 0 Å². The maximum Gasteiger partial charge on any atom is 0.274 e. The Hall–Kier alpha value is -4.40. The van der Waals surface area contributed by atoms with Gasteiger partial charge >= 0.3 is 0 Å². The summed E-state index contributed by atoms with van der Waals surface area (Å²) in [5.41, 5.74) is 1.75. The minimum Gasteiger partial charge on any atom is -0.490 e. The number of hydrogen-bond acceptors (Lipinski definition) is 6. The first-order valence-electron chi connectivity index (χ1n) is 9.98. The number of aromatic nitrogens is 4. The van der Waals surface area contributed by atoms with Crippen LogP contribution in [0.15, 0.2) is 65.7 Å². The lowest BCUT2D eigenvalue weighted by Crippen LogP contribution is -2.20. The van der Waals surface area contributed by atoms with Crippen molar-refractivity contribution in [2.45, 2.75) is 6.92 Å². The van der Waals surface area contributed by atoms with Gasteiger partial charge in [-0.25, -0.2) is 9.97 Å². The van der Waals surface area contributed by atoms with Crippen LogP contribution in [0.5, 0.6) is 11.5 Å². The van der Waals surface area contributed by atoms with E-state index in [0.717, 1.165) is 5.56 Å². The first kappa shape index (κ1) is 20.9. The Labute approximate surface area is 183 Å². The molecule has 9 nitrogen and oxygen atoms in total. The molecule has 1 amide bonds. The van der Waals surface area contributed by atoms with Gasteiger partial charge in [-0.05, 0) is 42.8 Å². The maximum atomic E-state index is 12.2. The smallest absolute Gasteiger partial charge is 0.274 e. The second kappa shape index (κ2) is 9.61. The van der Waals surface area contributed by atoms with Gasteiger partial charge in [-0.1, -0.05) is 30.3 Å². The first-order valence-corrected chi connectivity index (χ1v) is 9.98. The van der Waals surface area contributed by atoms with E-state index in [4.69, 9.17) is 9.47 Å². The number of para-hydroxylation sites is 1. The van der Waals surface area contributed by atoms with Crippen LogP contribution < -0.4 is 20.3 Å². The van der Waals surface area contributed by atoms with Gasteiger partial charge < -0.3 is 14.8 Å². The zero-order chi connectivity index (χ0) is 22.3. The molecule has 4 aromatic rings. The van der Waals surface area contributed by atoms with Crippen LogP contribution in [0.1, 0.15) is 18.2 Å². The first-order chi connectivity index (χ1) is 15.6. The topological polar surface area (TPSA) is 111 Å². The third-order valence-corrected chi connectivity index (χ3v) is 4.42. The highest BCUT2D eigenvalue weighted by atomic mass is 16.5. The predicted molar refractivity (Wildman–Crippen MR) is 121 cm³/mol. The molecule has 0 atom stereocenters. The van der Waals surface area contributed by atoms with Crippen molar-refractivity contribution in [2.24, 2.45) is 0 Å². The molecule has 0 saturated heterocycles. The van der Waals surface area contributed by atoms with Crippen molar-refractivity contribution >= 4 is 29.5 Å². The van der Waals surface area contributed by atoms with E-state index < -0.39 is 0 Å². The van der Waals surface area contributed by atoms with Crippen LogP contribution in [-0.4, -0.2) is 38.7 Å². The average Bonchev–Trinajstić information content (AvgIpc) is 3.27. The quantitative estimate of drug-likeness (QED) is 0.444. The van der Waals surface area contributed by atoms with E-state index in [1.165, 1.54) is 16.9 Å². The summed E-state index contributed by atoms with van der Waals surface area (Å²) in [6.07, 6.45) is 4.93. The minimum atomic E-state index is -0.270. The van der Waals surface area contributed by atoms with Crippen LogP contribution in [-0.2, 0) is 4.79 Å². The fraction of sp³-hybridized carbons (Fsp3) is 0.130. The second-order valence-corrected chi connectivity index (χ2v) is 6.72. The summed E-state index contributed by atoms with van der Waals surface area (Å²) < 4.78 is 12.6. The third kappa shape index (κ3) is 5.01. The number of ether oxygens (including phenoxy) is 2. The number of fused-ring (bicyclic) bond motifs is 1. The predicted octanol–water partition coefficient (Wildman–Crippen LogP) is 3.00. The SMILES string of the molecule is CCOc1cc(/C=C/c2cc(=O)n3[nH]cnc3n2)ccc1OCC(=O)Nc1ccccc1. The third-order valence-electron chi connectivity index (χ3n) is 4.42. The van der Waals surface area contributed by atoms with Gasteiger partial charge in [0, 0.05) is 11.8 Å². The van der Waals surface area contributed by atoms with Crippen LogP contribution >= 0.6 is 0 Å². The highest BCUT2D eigenvalue weighted by Gasteiger charge is 2.09. The minimum absolute atomic E-state index is 0.151. The number of hydrogen-bond donors (Lipinski definition) is 2. The molecule has 162 valence electrons. The van der Waals surface area contributed by atoms with Gasteiger partial charge in [0.1, 0.15) is 6.33 Å². The van der Waals surface area contributed by atoms with Gasteiger partial charge in [0.05, 0.1) is 12.3 Å². The number of amides is 1. The number of H-pyrrole nitrogens is 1. The van der Waals surface area contributed by atoms with E-state index in [1.807, 2.05) is 31.2 Å². The number of rotatable bonds is 8. The Morgan fingerprint density at radius 1 is 1.09 bits per heavy atom. The molecule has 2 aromatic heterocycles. The highest BCUT2D eigenvalue weighted by Crippen LogP contribution is 2.29. The van der Waals surface area contributed by atoms with Crippen molar-refractivity contribution in [1.82, 2.24) is 19.6 Å². The molecular weight excluding hydrogens is 410 g/mol. The molecule has 0 fully saturated rings. The Kier molecular flexibility index (Phi) is 6.26. The molecule has 4 rings (SSSR count). The van der Waals surface area contributed by atoms with E-state index in [0.29, 0.717) is 35.3 Å². The number of nitrogens with one attached hydrogen (secondary N) is 2. The van der Waals surface area contributed by atoms with Crippen molar-refractivity contribution in [2.75, 3.05) is 18.5 Å². The molecule has 0 spiro atoms. The Morgan fingerprint density at radius 2 is 1.94 bits per heavy atom. The number of benzene rings is 2. The second-order valence-electron chi connectivity index (χ2n) is 6.72. The van der Waals surface area contributed by atoms with Crippen LogP contribution in [0.4, 0.5) is 5.69 Å². The lowest BCUT2D eigenvalue weighted by Gasteiger charge is -2.12. The summed E-state index contributed by atoms with van der Waals surface area (Å²) in [7, 11) is 0. The van der Waals surface area contributed by atoms with Gasteiger partial charge in [0.2, 0.25) is 0 Å². The Morgan fingerprint density at radius 3 is 2.75 bits per heavy atom. The zero-order valence-corrected chi connectivity index (χ0v) is 17.3. The van der Waals surface area contributed by atoms with Gasteiger partial charge in [0.25, 0.3) is 17.2 Å². The largest absolute Gasteiger partial charge is 0.490 e. The van der Waals surface area contributed by atoms with Gasteiger partial charge in [-0.15, -0.1) is 0 Å². The molecule has 0 unspecified atom stereocenters. The fourth-order valence-electron chi connectivity index (χ4n) is 2.98. The summed E-state index contributed by atoms with van der Waals surface area (Å²) in [4.78, 5) is 32.5. The lowest BCUT2D eigenvalue weighted by molar-refractivity contribution is -0.118. The Balaban J connectivity index is 1.46. The van der Waals surface area contributed by atoms with Crippen molar-refractivity contribution in [1.29, 1.82) is 0 Å². The van der Waals surface area contributed by atoms with Crippen LogP contribution in [0.25, 0.3) is 17.9 Å². The van der Waals surface area contributed by atoms with Crippen LogP contribution in [0.2, 0.25) is 0 Å². The van der Waals surface area contributed by atoms with E-state index in [9.17, 15) is 9.59 Å². The van der Waals surface area contributed by atoms with Crippen molar-refractivity contribution in [3.8, 4) is 11.5 Å². The zero-order valence-electron chi connectivity index (χ0n) is 17.3. The lowest BCUT2D eigenvalue weighted by atomic mass is 10.1. The molecular formula is C23H21N5O4. The number of carbonyl (C=O) groups excluding carboxylic acids is 1. The number of nitrogens with zero attached hydrogens (tertiary/aromatic N) is 3. The molecule has 0 bridgehead atoms. The Bertz CT molecular complexity index is 1310. The maximum absolute atomic E-state index is 12.2. The molecule has 0 radical (unpaired) electrons. The molecule has 2 aromatic carbocycles. The van der Waals surface area contributed by atoms with Gasteiger partial charge in [-0.3, -0.25) is 14.7 Å². The van der Waals surface area contributed by atoms with Crippen LogP contribution in [0, 0.1) is 0 Å². The molecule has 32 heavy (non-hydrogen) atoms. The molecule has 0 aliphatic rings. The molecule has 9 heteroatoms. The molecule has 2 heterocycles. The number of aromatic amines is 1. The van der Waals surface area contributed by atoms with Crippen molar-refractivity contribution in [3.05, 3.63) is 82.5 Å². The van der Waals surface area contributed by atoms with Crippen LogP contribution in [0.3, 0.4) is 0 Å². The summed E-state index contributed by atoms with van der Waals surface area (Å²) >= 11 is 0. The summed E-state index contributed by atoms with van der Waals surface area (Å²) in [6, 6.07) is 15.9. The number of carbonyl (C=O) groups is 1.